The first-order chi connectivity index (χ1) is 15.4. The molecule has 1 atom stereocenters. The van der Waals surface area contributed by atoms with Gasteiger partial charge in [-0.15, -0.1) is 10.2 Å². The third kappa shape index (κ3) is 5.32. The molecule has 0 bridgehead atoms. The molecule has 0 spiro atoms. The van der Waals surface area contributed by atoms with Crippen LogP contribution in [0.3, 0.4) is 0 Å². The van der Waals surface area contributed by atoms with Crippen LogP contribution < -0.4 is 15.5 Å². The number of carbonyl (C=O) groups is 3. The number of nitrogens with one attached hydrogen (secondary N) is 2. The van der Waals surface area contributed by atoms with Crippen LogP contribution >= 0.6 is 23.1 Å². The maximum absolute atomic E-state index is 12.6. The van der Waals surface area contributed by atoms with Gasteiger partial charge in [-0.25, -0.2) is 0 Å². The summed E-state index contributed by atoms with van der Waals surface area (Å²) in [5, 5.41) is 17.3. The van der Waals surface area contributed by atoms with E-state index in [0.717, 1.165) is 11.3 Å². The van der Waals surface area contributed by atoms with Gasteiger partial charge in [0.25, 0.3) is 0 Å². The lowest BCUT2D eigenvalue weighted by atomic mass is 10.1. The van der Waals surface area contributed by atoms with Crippen molar-refractivity contribution in [2.45, 2.75) is 24.6 Å². The summed E-state index contributed by atoms with van der Waals surface area (Å²) in [4.78, 5) is 38.7. The molecule has 2 aromatic heterocycles. The average molecular weight is 473 g/mol. The number of hydrogen-bond donors (Lipinski definition) is 2. The van der Waals surface area contributed by atoms with E-state index >= 15 is 0 Å². The summed E-state index contributed by atoms with van der Waals surface area (Å²) in [6.07, 6.45) is 0.141. The predicted molar refractivity (Wildman–Crippen MR) is 121 cm³/mol. The minimum atomic E-state index is -0.472. The zero-order chi connectivity index (χ0) is 22.7. The van der Waals surface area contributed by atoms with E-state index in [0.29, 0.717) is 27.6 Å². The largest absolute Gasteiger partial charge is 0.360 e. The Kier molecular flexibility index (Phi) is 6.51. The van der Waals surface area contributed by atoms with Crippen molar-refractivity contribution in [3.05, 3.63) is 41.7 Å². The summed E-state index contributed by atoms with van der Waals surface area (Å²) in [6.45, 7) is 4.00. The summed E-state index contributed by atoms with van der Waals surface area (Å²) < 4.78 is 5.44. The molecule has 3 aromatic rings. The van der Waals surface area contributed by atoms with Gasteiger partial charge < -0.3 is 20.1 Å². The Labute approximate surface area is 191 Å². The number of thioether (sulfide) groups is 1. The Morgan fingerprint density at radius 1 is 1.25 bits per heavy atom. The molecule has 0 saturated carbocycles. The standard InChI is InChI=1S/C20H20N6O4S2/c1-11-4-3-5-14(6-11)26-9-13(8-17(26)28)18(29)22-19-23-24-20(32-19)31-10-16(27)21-15-7-12(2)30-25-15/h3-7,13H,8-10H2,1-2H3,(H,21,25,27)(H,22,23,29)/t13-/m0/s1. The van der Waals surface area contributed by atoms with Crippen LogP contribution in [0.5, 0.6) is 0 Å². The van der Waals surface area contributed by atoms with E-state index in [1.54, 1.807) is 17.9 Å². The molecule has 4 rings (SSSR count). The van der Waals surface area contributed by atoms with Gasteiger partial charge in [0.15, 0.2) is 10.2 Å². The van der Waals surface area contributed by atoms with Gasteiger partial charge in [0.05, 0.1) is 11.7 Å². The Morgan fingerprint density at radius 3 is 2.84 bits per heavy atom. The van der Waals surface area contributed by atoms with Crippen LogP contribution in [0.4, 0.5) is 16.6 Å². The Hall–Kier alpha value is -3.25. The maximum Gasteiger partial charge on any atom is 0.236 e. The molecule has 2 N–H and O–H groups in total. The quantitative estimate of drug-likeness (QED) is 0.397. The van der Waals surface area contributed by atoms with Crippen molar-refractivity contribution in [3.8, 4) is 0 Å². The fourth-order valence-corrected chi connectivity index (χ4v) is 4.74. The first-order valence-electron chi connectivity index (χ1n) is 9.75. The van der Waals surface area contributed by atoms with Gasteiger partial charge in [0, 0.05) is 24.7 Å². The molecule has 0 aliphatic carbocycles. The van der Waals surface area contributed by atoms with Crippen molar-refractivity contribution in [2.24, 2.45) is 5.92 Å². The molecular formula is C20H20N6O4S2. The highest BCUT2D eigenvalue weighted by molar-refractivity contribution is 8.01. The molecule has 0 radical (unpaired) electrons. The first kappa shape index (κ1) is 22.0. The van der Waals surface area contributed by atoms with E-state index in [1.807, 2.05) is 31.2 Å². The average Bonchev–Trinajstić information content (AvgIpc) is 3.47. The lowest BCUT2D eigenvalue weighted by Gasteiger charge is -2.17. The van der Waals surface area contributed by atoms with Crippen molar-refractivity contribution in [3.63, 3.8) is 0 Å². The predicted octanol–water partition coefficient (Wildman–Crippen LogP) is 2.87. The second-order valence-corrected chi connectivity index (χ2v) is 9.47. The Bertz CT molecular complexity index is 1160. The molecule has 0 unspecified atom stereocenters. The topological polar surface area (TPSA) is 130 Å². The van der Waals surface area contributed by atoms with Crippen molar-refractivity contribution in [1.29, 1.82) is 0 Å². The van der Waals surface area contributed by atoms with E-state index in [2.05, 4.69) is 26.0 Å². The summed E-state index contributed by atoms with van der Waals surface area (Å²) in [5.74, 6) is -0.0353. The van der Waals surface area contributed by atoms with Gasteiger partial charge in [-0.2, -0.15) is 0 Å². The Morgan fingerprint density at radius 2 is 2.09 bits per heavy atom. The molecule has 12 heteroatoms. The first-order valence-corrected chi connectivity index (χ1v) is 11.5. The van der Waals surface area contributed by atoms with Crippen LogP contribution in [0.15, 0.2) is 39.2 Å². The minimum Gasteiger partial charge on any atom is -0.360 e. The van der Waals surface area contributed by atoms with E-state index < -0.39 is 5.92 Å². The van der Waals surface area contributed by atoms with Gasteiger partial charge >= 0.3 is 0 Å². The molecule has 10 nitrogen and oxygen atoms in total. The van der Waals surface area contributed by atoms with Gasteiger partial charge in [0.2, 0.25) is 22.9 Å². The fraction of sp³-hybridized carbons (Fsp3) is 0.300. The van der Waals surface area contributed by atoms with Crippen LogP contribution in [0.2, 0.25) is 0 Å². The molecule has 1 aromatic carbocycles. The lowest BCUT2D eigenvalue weighted by Crippen LogP contribution is -2.28. The van der Waals surface area contributed by atoms with Crippen molar-refractivity contribution in [2.75, 3.05) is 27.8 Å². The molecule has 1 aliphatic rings. The lowest BCUT2D eigenvalue weighted by molar-refractivity contribution is -0.122. The molecule has 1 fully saturated rings. The number of aryl methyl sites for hydroxylation is 2. The van der Waals surface area contributed by atoms with Crippen molar-refractivity contribution < 1.29 is 18.9 Å². The number of anilines is 3. The molecule has 3 amide bonds. The number of aromatic nitrogens is 3. The van der Waals surface area contributed by atoms with Crippen LogP contribution in [-0.2, 0) is 14.4 Å². The minimum absolute atomic E-state index is 0.0856. The second-order valence-electron chi connectivity index (χ2n) is 7.27. The van der Waals surface area contributed by atoms with Crippen LogP contribution in [0.1, 0.15) is 17.7 Å². The molecule has 1 saturated heterocycles. The third-order valence-electron chi connectivity index (χ3n) is 4.67. The zero-order valence-electron chi connectivity index (χ0n) is 17.3. The van der Waals surface area contributed by atoms with Crippen molar-refractivity contribution >= 4 is 57.5 Å². The van der Waals surface area contributed by atoms with E-state index in [-0.39, 0.29) is 29.9 Å². The van der Waals surface area contributed by atoms with E-state index in [9.17, 15) is 14.4 Å². The number of nitrogens with zero attached hydrogens (tertiary/aromatic N) is 4. The summed E-state index contributed by atoms with van der Waals surface area (Å²) in [5.41, 5.74) is 1.84. The normalized spacial score (nSPS) is 15.8. The van der Waals surface area contributed by atoms with Crippen molar-refractivity contribution in [1.82, 2.24) is 15.4 Å². The highest BCUT2D eigenvalue weighted by Gasteiger charge is 2.35. The number of benzene rings is 1. The van der Waals surface area contributed by atoms with Gasteiger partial charge in [-0.1, -0.05) is 40.4 Å². The fourth-order valence-electron chi connectivity index (χ4n) is 3.19. The third-order valence-corrected chi connectivity index (χ3v) is 6.64. The number of rotatable bonds is 7. The second kappa shape index (κ2) is 9.49. The number of carbonyl (C=O) groups excluding carboxylic acids is 3. The highest BCUT2D eigenvalue weighted by atomic mass is 32.2. The maximum atomic E-state index is 12.6. The zero-order valence-corrected chi connectivity index (χ0v) is 19.0. The van der Waals surface area contributed by atoms with E-state index in [4.69, 9.17) is 4.52 Å². The van der Waals surface area contributed by atoms with Gasteiger partial charge in [0.1, 0.15) is 5.76 Å². The SMILES string of the molecule is Cc1cccc(N2C[C@@H](C(=O)Nc3nnc(SCC(=O)Nc4cc(C)on4)s3)CC2=O)c1. The number of hydrogen-bond acceptors (Lipinski definition) is 9. The van der Waals surface area contributed by atoms with Crippen LogP contribution in [0, 0.1) is 19.8 Å². The Balaban J connectivity index is 1.28. The van der Waals surface area contributed by atoms with Crippen LogP contribution in [0.25, 0.3) is 0 Å². The molecule has 32 heavy (non-hydrogen) atoms. The smallest absolute Gasteiger partial charge is 0.236 e. The van der Waals surface area contributed by atoms with Gasteiger partial charge in [-0.3, -0.25) is 14.4 Å². The van der Waals surface area contributed by atoms with Gasteiger partial charge in [-0.05, 0) is 31.5 Å². The summed E-state index contributed by atoms with van der Waals surface area (Å²) in [6, 6.07) is 9.25. The summed E-state index contributed by atoms with van der Waals surface area (Å²) in [7, 11) is 0. The molecule has 166 valence electrons. The van der Waals surface area contributed by atoms with Crippen LogP contribution in [-0.4, -0.2) is 45.4 Å². The molecule has 3 heterocycles. The monoisotopic (exact) mass is 472 g/mol. The number of amides is 3. The van der Waals surface area contributed by atoms with E-state index in [1.165, 1.54) is 23.1 Å². The molecular weight excluding hydrogens is 452 g/mol. The molecule has 1 aliphatic heterocycles. The summed E-state index contributed by atoms with van der Waals surface area (Å²) >= 11 is 2.36. The highest BCUT2D eigenvalue weighted by Crippen LogP contribution is 2.29.